The van der Waals surface area contributed by atoms with Crippen LogP contribution in [0.1, 0.15) is 5.56 Å². The lowest BCUT2D eigenvalue weighted by molar-refractivity contribution is -0.497. The third kappa shape index (κ3) is 3.43. The van der Waals surface area contributed by atoms with Crippen LogP contribution in [0.15, 0.2) is 42.6 Å². The Bertz CT molecular complexity index is 572. The molecule has 19 heavy (non-hydrogen) atoms. The second-order valence-electron chi connectivity index (χ2n) is 3.80. The summed E-state index contributed by atoms with van der Waals surface area (Å²) < 4.78 is 37.6. The molecule has 0 aliphatic carbocycles. The summed E-state index contributed by atoms with van der Waals surface area (Å²) in [4.78, 5) is 3.92. The number of hydrogen-bond donors (Lipinski definition) is 2. The second-order valence-corrected chi connectivity index (χ2v) is 3.80. The Balaban J connectivity index is 2.23. The number of quaternary nitrogens is 1. The molecule has 0 radical (unpaired) electrons. The summed E-state index contributed by atoms with van der Waals surface area (Å²) in [5, 5.41) is 13.3. The van der Waals surface area contributed by atoms with E-state index in [2.05, 4.69) is 10.3 Å². The van der Waals surface area contributed by atoms with Crippen molar-refractivity contribution in [3.63, 3.8) is 0 Å². The Morgan fingerprint density at radius 2 is 1.95 bits per heavy atom. The first-order valence-electron chi connectivity index (χ1n) is 5.34. The van der Waals surface area contributed by atoms with E-state index in [1.807, 2.05) is 0 Å². The van der Waals surface area contributed by atoms with Gasteiger partial charge in [-0.2, -0.15) is 13.2 Å². The molecule has 0 fully saturated rings. The van der Waals surface area contributed by atoms with E-state index < -0.39 is 11.7 Å². The predicted molar refractivity (Wildman–Crippen MR) is 63.9 cm³/mol. The summed E-state index contributed by atoms with van der Waals surface area (Å²) in [6.07, 6.45) is -2.99. The molecular formula is C12H10F3N3O. The van der Waals surface area contributed by atoms with Gasteiger partial charge in [0.15, 0.2) is 0 Å². The zero-order valence-electron chi connectivity index (χ0n) is 9.61. The van der Waals surface area contributed by atoms with Crippen molar-refractivity contribution < 1.29 is 18.7 Å². The molecule has 0 saturated heterocycles. The van der Waals surface area contributed by atoms with Gasteiger partial charge < -0.3 is 16.0 Å². The molecule has 0 atom stereocenters. The van der Waals surface area contributed by atoms with Crippen molar-refractivity contribution in [3.8, 4) is 0 Å². The summed E-state index contributed by atoms with van der Waals surface area (Å²) >= 11 is 0. The largest absolute Gasteiger partial charge is 0.630 e. The molecule has 2 aromatic rings. The summed E-state index contributed by atoms with van der Waals surface area (Å²) in [7, 11) is 0. The van der Waals surface area contributed by atoms with Crippen LogP contribution in [0.4, 0.5) is 30.4 Å². The average molecular weight is 269 g/mol. The van der Waals surface area contributed by atoms with E-state index in [1.165, 1.54) is 30.5 Å². The van der Waals surface area contributed by atoms with Gasteiger partial charge >= 0.3 is 6.18 Å². The van der Waals surface area contributed by atoms with Crippen LogP contribution in [-0.4, -0.2) is 4.98 Å². The standard InChI is InChI=1S/C12H10F3N3O/c13-12(14,15)8-2-1-3-9(6-8)17-11-7-10(18-19)4-5-16-11/h1-7H,18H2,(H,16,17). The van der Waals surface area contributed by atoms with Crippen molar-refractivity contribution in [1.82, 2.24) is 4.98 Å². The Kier molecular flexibility index (Phi) is 3.68. The van der Waals surface area contributed by atoms with Gasteiger partial charge in [0.2, 0.25) is 0 Å². The molecule has 4 nitrogen and oxygen atoms in total. The molecule has 1 heterocycles. The number of benzene rings is 1. The van der Waals surface area contributed by atoms with Crippen LogP contribution in [0, 0.1) is 5.21 Å². The monoisotopic (exact) mass is 269 g/mol. The van der Waals surface area contributed by atoms with Crippen LogP contribution in [0.2, 0.25) is 0 Å². The predicted octanol–water partition coefficient (Wildman–Crippen LogP) is 2.54. The fraction of sp³-hybridized carbons (Fsp3) is 0.0833. The molecule has 7 heteroatoms. The Morgan fingerprint density at radius 3 is 2.63 bits per heavy atom. The van der Waals surface area contributed by atoms with Gasteiger partial charge in [0, 0.05) is 24.0 Å². The van der Waals surface area contributed by atoms with E-state index in [4.69, 9.17) is 0 Å². The number of pyridine rings is 1. The highest BCUT2D eigenvalue weighted by molar-refractivity contribution is 5.59. The van der Waals surface area contributed by atoms with Crippen molar-refractivity contribution in [3.05, 3.63) is 53.4 Å². The van der Waals surface area contributed by atoms with Crippen LogP contribution >= 0.6 is 0 Å². The highest BCUT2D eigenvalue weighted by Crippen LogP contribution is 2.31. The number of rotatable bonds is 3. The number of nitrogens with zero attached hydrogens (tertiary/aromatic N) is 1. The molecule has 1 aromatic heterocycles. The highest BCUT2D eigenvalue weighted by atomic mass is 19.4. The van der Waals surface area contributed by atoms with Crippen molar-refractivity contribution in [2.45, 2.75) is 6.18 Å². The van der Waals surface area contributed by atoms with Gasteiger partial charge in [-0.3, -0.25) is 0 Å². The molecule has 1 aromatic carbocycles. The van der Waals surface area contributed by atoms with Gasteiger partial charge in [-0.25, -0.2) is 4.98 Å². The van der Waals surface area contributed by atoms with Crippen molar-refractivity contribution in [2.24, 2.45) is 0 Å². The van der Waals surface area contributed by atoms with Gasteiger partial charge in [0.1, 0.15) is 11.5 Å². The normalized spacial score (nSPS) is 11.4. The van der Waals surface area contributed by atoms with Gasteiger partial charge in [0.25, 0.3) is 0 Å². The molecule has 0 aliphatic heterocycles. The van der Waals surface area contributed by atoms with Crippen molar-refractivity contribution >= 4 is 17.2 Å². The molecule has 0 aliphatic rings. The maximum atomic E-state index is 12.5. The number of alkyl halides is 3. The maximum absolute atomic E-state index is 12.5. The van der Waals surface area contributed by atoms with Gasteiger partial charge in [-0.15, -0.1) is 0 Å². The van der Waals surface area contributed by atoms with E-state index in [9.17, 15) is 18.4 Å². The van der Waals surface area contributed by atoms with Crippen LogP contribution < -0.4 is 10.8 Å². The van der Waals surface area contributed by atoms with Crippen LogP contribution in [0.5, 0.6) is 0 Å². The van der Waals surface area contributed by atoms with Crippen LogP contribution in [-0.2, 0) is 6.18 Å². The third-order valence-corrected chi connectivity index (χ3v) is 2.38. The van der Waals surface area contributed by atoms with Crippen molar-refractivity contribution in [1.29, 1.82) is 0 Å². The first kappa shape index (κ1) is 13.3. The van der Waals surface area contributed by atoms with E-state index in [1.54, 1.807) is 0 Å². The highest BCUT2D eigenvalue weighted by Gasteiger charge is 2.30. The first-order chi connectivity index (χ1) is 8.99. The van der Waals surface area contributed by atoms with E-state index >= 15 is 0 Å². The molecule has 0 unspecified atom stereocenters. The van der Waals surface area contributed by atoms with Gasteiger partial charge in [-0.05, 0) is 18.2 Å². The molecule has 2 rings (SSSR count). The lowest BCUT2D eigenvalue weighted by atomic mass is 10.2. The SMILES string of the molecule is [O-][NH2+]c1ccnc(Nc2cccc(C(F)(F)F)c2)c1. The third-order valence-electron chi connectivity index (χ3n) is 2.38. The number of anilines is 2. The number of aromatic nitrogens is 1. The minimum atomic E-state index is -4.39. The summed E-state index contributed by atoms with van der Waals surface area (Å²) in [5.41, 5.74) is 0.540. The summed E-state index contributed by atoms with van der Waals surface area (Å²) in [6, 6.07) is 7.71. The smallest absolute Gasteiger partial charge is 0.416 e. The van der Waals surface area contributed by atoms with Gasteiger partial charge in [-0.1, -0.05) is 6.07 Å². The number of nitrogens with one attached hydrogen (secondary N) is 1. The average Bonchev–Trinajstić information content (AvgIpc) is 2.38. The quantitative estimate of drug-likeness (QED) is 0.841. The van der Waals surface area contributed by atoms with Crippen LogP contribution in [0.3, 0.4) is 0 Å². The molecule has 100 valence electrons. The first-order valence-corrected chi connectivity index (χ1v) is 5.34. The number of nitrogens with two attached hydrogens (primary N) is 1. The minimum Gasteiger partial charge on any atom is -0.630 e. The summed E-state index contributed by atoms with van der Waals surface area (Å²) in [5.74, 6) is 0.309. The Labute approximate surface area is 106 Å². The van der Waals surface area contributed by atoms with E-state index in [-0.39, 0.29) is 5.69 Å². The zero-order chi connectivity index (χ0) is 13.9. The zero-order valence-corrected chi connectivity index (χ0v) is 9.61. The minimum absolute atomic E-state index is 0.255. The fourth-order valence-electron chi connectivity index (χ4n) is 1.51. The fourth-order valence-corrected chi connectivity index (χ4v) is 1.51. The molecule has 3 N–H and O–H groups in total. The molecule has 0 spiro atoms. The Morgan fingerprint density at radius 1 is 1.16 bits per heavy atom. The maximum Gasteiger partial charge on any atom is 0.416 e. The molecule has 0 bridgehead atoms. The van der Waals surface area contributed by atoms with E-state index in [0.29, 0.717) is 17.0 Å². The Hall–Kier alpha value is -2.12. The van der Waals surface area contributed by atoms with E-state index in [0.717, 1.165) is 12.1 Å². The topological polar surface area (TPSA) is 64.6 Å². The molecule has 0 saturated carbocycles. The van der Waals surface area contributed by atoms with Gasteiger partial charge in [0.05, 0.1) is 5.56 Å². The summed E-state index contributed by atoms with van der Waals surface area (Å²) in [6.45, 7) is 0. The second kappa shape index (κ2) is 5.25. The molecular weight excluding hydrogens is 259 g/mol. The lowest BCUT2D eigenvalue weighted by Crippen LogP contribution is -2.70. The number of halogens is 3. The van der Waals surface area contributed by atoms with Crippen LogP contribution in [0.25, 0.3) is 0 Å². The molecule has 0 amide bonds. The number of hydrogen-bond acceptors (Lipinski definition) is 3. The van der Waals surface area contributed by atoms with Crippen molar-refractivity contribution in [2.75, 3.05) is 5.32 Å². The lowest BCUT2D eigenvalue weighted by Gasteiger charge is -2.10.